The van der Waals surface area contributed by atoms with Crippen LogP contribution in [-0.2, 0) is 18.4 Å². The van der Waals surface area contributed by atoms with Crippen LogP contribution in [0.4, 0.5) is 0 Å². The van der Waals surface area contributed by atoms with E-state index in [1.165, 1.54) is 116 Å². The Morgan fingerprint density at radius 3 is 1.64 bits per heavy atom. The first-order valence-corrected chi connectivity index (χ1v) is 23.0. The van der Waals surface area contributed by atoms with Crippen LogP contribution >= 0.6 is 7.82 Å². The number of aliphatic hydroxyl groups excluding tert-OH is 1. The summed E-state index contributed by atoms with van der Waals surface area (Å²) in [4.78, 5) is 25.2. The lowest BCUT2D eigenvalue weighted by Crippen LogP contribution is -2.45. The predicted molar refractivity (Wildman–Crippen MR) is 224 cm³/mol. The van der Waals surface area contributed by atoms with Gasteiger partial charge in [0.05, 0.1) is 39.9 Å². The first kappa shape index (κ1) is 51.5. The van der Waals surface area contributed by atoms with Gasteiger partial charge in [0.1, 0.15) is 13.2 Å². The second kappa shape index (κ2) is 36.1. The third-order valence-corrected chi connectivity index (χ3v) is 10.2. The summed E-state index contributed by atoms with van der Waals surface area (Å²) in [6.07, 6.45) is 44.6. The van der Waals surface area contributed by atoms with Crippen molar-refractivity contribution >= 4 is 13.7 Å². The fourth-order valence-corrected chi connectivity index (χ4v) is 6.53. The first-order chi connectivity index (χ1) is 25.5. The van der Waals surface area contributed by atoms with Crippen molar-refractivity contribution in [2.75, 3.05) is 40.9 Å². The van der Waals surface area contributed by atoms with Gasteiger partial charge in [-0.25, -0.2) is 0 Å². The molecule has 0 spiro atoms. The Morgan fingerprint density at radius 2 is 1.11 bits per heavy atom. The predicted octanol–water partition coefficient (Wildman–Crippen LogP) is 11.1. The monoisotopic (exact) mass is 767 g/mol. The van der Waals surface area contributed by atoms with Crippen molar-refractivity contribution in [2.24, 2.45) is 0 Å². The molecule has 0 aliphatic rings. The molecule has 0 aromatic rings. The van der Waals surface area contributed by atoms with Crippen molar-refractivity contribution in [2.45, 2.75) is 187 Å². The Kier molecular flexibility index (Phi) is 35.1. The Bertz CT molecular complexity index is 1010. The maximum Gasteiger partial charge on any atom is 0.268 e. The number of aliphatic hydroxyl groups is 1. The lowest BCUT2D eigenvalue weighted by atomic mass is 10.0. The topological polar surface area (TPSA) is 108 Å². The molecule has 0 aromatic heterocycles. The summed E-state index contributed by atoms with van der Waals surface area (Å²) in [5.41, 5.74) is 0. The Morgan fingerprint density at radius 1 is 0.660 bits per heavy atom. The van der Waals surface area contributed by atoms with Crippen molar-refractivity contribution in [1.29, 1.82) is 0 Å². The lowest BCUT2D eigenvalue weighted by molar-refractivity contribution is -0.870. The molecule has 0 aliphatic carbocycles. The summed E-state index contributed by atoms with van der Waals surface area (Å²) < 4.78 is 23.1. The molecule has 0 fully saturated rings. The summed E-state index contributed by atoms with van der Waals surface area (Å²) in [5.74, 6) is -0.276. The van der Waals surface area contributed by atoms with E-state index in [1.54, 1.807) is 6.08 Å². The lowest BCUT2D eigenvalue weighted by Gasteiger charge is -2.29. The SMILES string of the molecule is CCCCCCCC/C=C\C/C=C\CCC(=O)NC(COP(=O)([O-])OCC[N+](C)(C)C)C(O)/C=C/CC/C=C/CCCCCCCCCCCCCC. The third kappa shape index (κ3) is 38.5. The Labute approximate surface area is 327 Å². The van der Waals surface area contributed by atoms with Gasteiger partial charge in [0, 0.05) is 6.42 Å². The van der Waals surface area contributed by atoms with Gasteiger partial charge >= 0.3 is 0 Å². The molecule has 3 atom stereocenters. The number of carbonyl (C=O) groups excluding carboxylic acids is 1. The number of likely N-dealkylation sites (N-methyl/N-ethyl adjacent to an activating group) is 1. The molecular formula is C44H83N2O6P. The molecule has 3 unspecified atom stereocenters. The molecule has 53 heavy (non-hydrogen) atoms. The van der Waals surface area contributed by atoms with E-state index in [2.05, 4.69) is 49.5 Å². The number of phosphoric acid groups is 1. The van der Waals surface area contributed by atoms with Gasteiger partial charge in [-0.05, 0) is 51.4 Å². The van der Waals surface area contributed by atoms with Gasteiger partial charge in [-0.2, -0.15) is 0 Å². The van der Waals surface area contributed by atoms with Crippen LogP contribution in [0.5, 0.6) is 0 Å². The molecule has 0 saturated heterocycles. The van der Waals surface area contributed by atoms with Gasteiger partial charge in [0.2, 0.25) is 5.91 Å². The van der Waals surface area contributed by atoms with Crippen LogP contribution in [0.2, 0.25) is 0 Å². The molecule has 0 bridgehead atoms. The number of rotatable bonds is 38. The Hall–Kier alpha value is -1.54. The number of amides is 1. The summed E-state index contributed by atoms with van der Waals surface area (Å²) in [5, 5.41) is 13.7. The molecule has 0 rings (SSSR count). The smallest absolute Gasteiger partial charge is 0.268 e. The van der Waals surface area contributed by atoms with E-state index >= 15 is 0 Å². The summed E-state index contributed by atoms with van der Waals surface area (Å²) in [6.45, 7) is 4.55. The molecule has 1 amide bonds. The van der Waals surface area contributed by atoms with E-state index in [1.807, 2.05) is 33.3 Å². The van der Waals surface area contributed by atoms with Crippen LogP contribution in [-0.4, -0.2) is 68.5 Å². The fourth-order valence-electron chi connectivity index (χ4n) is 5.80. The summed E-state index contributed by atoms with van der Waals surface area (Å²) in [6, 6.07) is -0.932. The van der Waals surface area contributed by atoms with Gasteiger partial charge in [-0.15, -0.1) is 0 Å². The maximum absolute atomic E-state index is 12.8. The second-order valence-corrected chi connectivity index (χ2v) is 17.1. The van der Waals surface area contributed by atoms with Crippen molar-refractivity contribution < 1.29 is 32.9 Å². The number of phosphoric ester groups is 1. The normalized spacial score (nSPS) is 14.9. The number of quaternary nitrogens is 1. The number of hydrogen-bond donors (Lipinski definition) is 2. The molecule has 0 aromatic carbocycles. The van der Waals surface area contributed by atoms with Crippen LogP contribution in [0, 0.1) is 0 Å². The van der Waals surface area contributed by atoms with E-state index in [0.29, 0.717) is 17.4 Å². The number of carbonyl (C=O) groups is 1. The van der Waals surface area contributed by atoms with E-state index < -0.39 is 26.6 Å². The minimum atomic E-state index is -4.61. The minimum Gasteiger partial charge on any atom is -0.756 e. The number of allylic oxidation sites excluding steroid dienone is 7. The maximum atomic E-state index is 12.8. The van der Waals surface area contributed by atoms with Crippen LogP contribution in [0.1, 0.15) is 174 Å². The van der Waals surface area contributed by atoms with E-state index in [9.17, 15) is 19.4 Å². The van der Waals surface area contributed by atoms with Crippen LogP contribution in [0.25, 0.3) is 0 Å². The highest BCUT2D eigenvalue weighted by Crippen LogP contribution is 2.38. The van der Waals surface area contributed by atoms with Crippen molar-refractivity contribution in [3.8, 4) is 0 Å². The first-order valence-electron chi connectivity index (χ1n) is 21.5. The number of unbranched alkanes of at least 4 members (excludes halogenated alkanes) is 19. The molecule has 8 nitrogen and oxygen atoms in total. The number of nitrogens with zero attached hydrogens (tertiary/aromatic N) is 1. The molecule has 2 N–H and O–H groups in total. The van der Waals surface area contributed by atoms with Crippen molar-refractivity contribution in [3.63, 3.8) is 0 Å². The standard InChI is InChI=1S/C44H83N2O6P/c1-6-8-10-12-14-16-18-20-21-22-23-24-26-27-29-31-33-35-37-43(47)42(41-52-53(49,50)51-40-39-46(3,4)5)45-44(48)38-36-34-32-30-28-25-19-17-15-13-11-9-7-2/h25,27-29,32,34-35,37,42-43,47H,6-24,26,30-31,33,36,38-41H2,1-5H3,(H-,45,48,49,50)/b28-25-,29-27+,34-32-,37-35+. The van der Waals surface area contributed by atoms with Gasteiger partial charge in [-0.1, -0.05) is 165 Å². The highest BCUT2D eigenvalue weighted by molar-refractivity contribution is 7.45. The average molecular weight is 767 g/mol. The molecule has 0 radical (unpaired) electrons. The zero-order chi connectivity index (χ0) is 39.3. The zero-order valence-corrected chi connectivity index (χ0v) is 35.8. The van der Waals surface area contributed by atoms with Crippen molar-refractivity contribution in [3.05, 3.63) is 48.6 Å². The zero-order valence-electron chi connectivity index (χ0n) is 35.0. The third-order valence-electron chi connectivity index (χ3n) is 9.27. The largest absolute Gasteiger partial charge is 0.756 e. The number of nitrogens with one attached hydrogen (secondary N) is 1. The number of hydrogen-bond acceptors (Lipinski definition) is 6. The molecule has 0 saturated carbocycles. The Balaban J connectivity index is 4.58. The highest BCUT2D eigenvalue weighted by atomic mass is 31.2. The van der Waals surface area contributed by atoms with Crippen LogP contribution in [0.3, 0.4) is 0 Å². The van der Waals surface area contributed by atoms with E-state index in [4.69, 9.17) is 9.05 Å². The van der Waals surface area contributed by atoms with Crippen molar-refractivity contribution in [1.82, 2.24) is 5.32 Å². The second-order valence-electron chi connectivity index (χ2n) is 15.7. The van der Waals surface area contributed by atoms with E-state index in [0.717, 1.165) is 32.1 Å². The van der Waals surface area contributed by atoms with Gasteiger partial charge < -0.3 is 28.8 Å². The highest BCUT2D eigenvalue weighted by Gasteiger charge is 2.23. The summed E-state index contributed by atoms with van der Waals surface area (Å²) in [7, 11) is 1.21. The van der Waals surface area contributed by atoms with Crippen LogP contribution < -0.4 is 10.2 Å². The van der Waals surface area contributed by atoms with Gasteiger partial charge in [-0.3, -0.25) is 9.36 Å². The molecule has 310 valence electrons. The van der Waals surface area contributed by atoms with Crippen LogP contribution in [0.15, 0.2) is 48.6 Å². The summed E-state index contributed by atoms with van der Waals surface area (Å²) >= 11 is 0. The van der Waals surface area contributed by atoms with E-state index in [-0.39, 0.29) is 18.9 Å². The average Bonchev–Trinajstić information content (AvgIpc) is 3.10. The molecular weight excluding hydrogens is 683 g/mol. The van der Waals surface area contributed by atoms with Gasteiger partial charge in [0.25, 0.3) is 7.82 Å². The molecule has 0 aliphatic heterocycles. The minimum absolute atomic E-state index is 0.0167. The fraction of sp³-hybridized carbons (Fsp3) is 0.795. The quantitative estimate of drug-likeness (QED) is 0.0280. The molecule has 9 heteroatoms. The van der Waals surface area contributed by atoms with Gasteiger partial charge in [0.15, 0.2) is 0 Å². The molecule has 0 heterocycles.